The fourth-order valence-electron chi connectivity index (χ4n) is 3.33. The predicted molar refractivity (Wildman–Crippen MR) is 74.6 cm³/mol. The topological polar surface area (TPSA) is 43.3 Å². The lowest BCUT2D eigenvalue weighted by Crippen LogP contribution is -2.21. The van der Waals surface area contributed by atoms with Gasteiger partial charge < -0.3 is 14.6 Å². The third-order valence-corrected chi connectivity index (χ3v) is 4.21. The first-order valence-corrected chi connectivity index (χ1v) is 7.19. The first kappa shape index (κ1) is 15.1. The molecular weight excluding hydrogens is 297 g/mol. The van der Waals surface area contributed by atoms with Crippen molar-refractivity contribution in [2.45, 2.75) is 31.5 Å². The molecule has 22 heavy (non-hydrogen) atoms. The molecule has 1 N–H and O–H groups in total. The van der Waals surface area contributed by atoms with E-state index < -0.39 is 24.5 Å². The number of nitrogens with one attached hydrogen (secondary N) is 1. The molecule has 120 valence electrons. The second-order valence-electron chi connectivity index (χ2n) is 5.65. The number of rotatable bonds is 2. The fraction of sp³-hybridized carbons (Fsp3) is 0.533. The van der Waals surface area contributed by atoms with E-state index in [4.69, 9.17) is 4.74 Å². The van der Waals surface area contributed by atoms with Gasteiger partial charge in [0.2, 0.25) is 0 Å². The molecule has 1 atom stereocenters. The van der Waals surface area contributed by atoms with E-state index in [2.05, 4.69) is 5.32 Å². The Morgan fingerprint density at radius 2 is 2.27 bits per heavy atom. The van der Waals surface area contributed by atoms with Crippen LogP contribution in [0.5, 0.6) is 0 Å². The van der Waals surface area contributed by atoms with Crippen molar-refractivity contribution in [3.05, 3.63) is 29.1 Å². The van der Waals surface area contributed by atoms with Gasteiger partial charge in [0.05, 0.1) is 19.1 Å². The van der Waals surface area contributed by atoms with Crippen molar-refractivity contribution in [1.82, 2.24) is 9.88 Å². The summed E-state index contributed by atoms with van der Waals surface area (Å²) in [6.07, 6.45) is -1.41. The Balaban J connectivity index is 2.12. The molecule has 3 rings (SSSR count). The highest BCUT2D eigenvalue weighted by Gasteiger charge is 2.38. The number of hydrogen-bond donors (Lipinski definition) is 1. The lowest BCUT2D eigenvalue weighted by atomic mass is 9.83. The van der Waals surface area contributed by atoms with Crippen LogP contribution in [0.25, 0.3) is 5.57 Å². The molecule has 0 saturated carbocycles. The van der Waals surface area contributed by atoms with Crippen LogP contribution in [0.4, 0.5) is 13.2 Å². The van der Waals surface area contributed by atoms with Crippen molar-refractivity contribution in [2.75, 3.05) is 20.2 Å². The third kappa shape index (κ3) is 2.65. The molecule has 1 aliphatic carbocycles. The summed E-state index contributed by atoms with van der Waals surface area (Å²) in [6, 6.07) is 0. The molecule has 1 unspecified atom stereocenters. The maximum Gasteiger partial charge on any atom is 0.389 e. The van der Waals surface area contributed by atoms with Crippen LogP contribution in [0.15, 0.2) is 12.3 Å². The number of hydrogen-bond acceptors (Lipinski definition) is 3. The second-order valence-corrected chi connectivity index (χ2v) is 5.65. The monoisotopic (exact) mass is 314 g/mol. The number of esters is 1. The molecule has 0 fully saturated rings. The predicted octanol–water partition coefficient (Wildman–Crippen LogP) is 2.70. The Morgan fingerprint density at radius 1 is 1.50 bits per heavy atom. The summed E-state index contributed by atoms with van der Waals surface area (Å²) in [5.41, 5.74) is 2.47. The van der Waals surface area contributed by atoms with E-state index in [1.165, 1.54) is 7.11 Å². The SMILES string of the molecule is COC(=O)c1cn2c3c1C(CC(F)(F)F)CC=C3CNCC2. The normalized spacial score (nSPS) is 20.9. The van der Waals surface area contributed by atoms with Crippen molar-refractivity contribution >= 4 is 11.5 Å². The minimum Gasteiger partial charge on any atom is -0.465 e. The van der Waals surface area contributed by atoms with E-state index in [1.54, 1.807) is 6.20 Å². The molecule has 0 amide bonds. The van der Waals surface area contributed by atoms with Gasteiger partial charge in [0, 0.05) is 31.5 Å². The molecule has 1 aromatic rings. The standard InChI is InChI=1S/C15H17F3N2O2/c1-22-14(21)11-8-20-5-4-19-7-10-3-2-9(6-15(16,17)18)12(11)13(10)20/h3,8-9,19H,2,4-7H2,1H3. The van der Waals surface area contributed by atoms with Crippen LogP contribution in [0.1, 0.15) is 40.4 Å². The van der Waals surface area contributed by atoms with Gasteiger partial charge in [-0.2, -0.15) is 13.2 Å². The maximum absolute atomic E-state index is 12.9. The maximum atomic E-state index is 12.9. The number of carbonyl (C=O) groups excluding carboxylic acids is 1. The summed E-state index contributed by atoms with van der Waals surface area (Å²) in [5.74, 6) is -1.30. The van der Waals surface area contributed by atoms with Crippen LogP contribution < -0.4 is 5.32 Å². The van der Waals surface area contributed by atoms with Crippen molar-refractivity contribution in [2.24, 2.45) is 0 Å². The van der Waals surface area contributed by atoms with E-state index >= 15 is 0 Å². The highest BCUT2D eigenvalue weighted by Crippen LogP contribution is 2.43. The summed E-state index contributed by atoms with van der Waals surface area (Å²) in [4.78, 5) is 12.0. The number of allylic oxidation sites excluding steroid dienone is 1. The Kier molecular flexibility index (Phi) is 3.76. The molecule has 0 bridgehead atoms. The number of methoxy groups -OCH3 is 1. The molecule has 4 nitrogen and oxygen atoms in total. The van der Waals surface area contributed by atoms with Gasteiger partial charge in [0.25, 0.3) is 0 Å². The van der Waals surface area contributed by atoms with Gasteiger partial charge in [-0.1, -0.05) is 6.08 Å². The minimum atomic E-state index is -4.26. The fourth-order valence-corrected chi connectivity index (χ4v) is 3.33. The van der Waals surface area contributed by atoms with E-state index in [0.29, 0.717) is 25.2 Å². The molecule has 2 aliphatic rings. The summed E-state index contributed by atoms with van der Waals surface area (Å²) >= 11 is 0. The van der Waals surface area contributed by atoms with Crippen LogP contribution in [0, 0.1) is 0 Å². The Morgan fingerprint density at radius 3 is 2.95 bits per heavy atom. The van der Waals surface area contributed by atoms with Gasteiger partial charge in [0.1, 0.15) is 0 Å². The Bertz CT molecular complexity index is 631. The molecule has 7 heteroatoms. The molecule has 2 heterocycles. The zero-order valence-electron chi connectivity index (χ0n) is 12.2. The zero-order chi connectivity index (χ0) is 15.9. The molecule has 0 aromatic carbocycles. The number of aromatic nitrogens is 1. The van der Waals surface area contributed by atoms with Crippen LogP contribution >= 0.6 is 0 Å². The van der Waals surface area contributed by atoms with E-state index in [-0.39, 0.29) is 12.0 Å². The second kappa shape index (κ2) is 5.46. The highest BCUT2D eigenvalue weighted by atomic mass is 19.4. The lowest BCUT2D eigenvalue weighted by molar-refractivity contribution is -0.138. The van der Waals surface area contributed by atoms with Crippen LogP contribution in [-0.2, 0) is 11.3 Å². The van der Waals surface area contributed by atoms with Crippen molar-refractivity contribution in [1.29, 1.82) is 0 Å². The van der Waals surface area contributed by atoms with Crippen molar-refractivity contribution in [3.8, 4) is 0 Å². The summed E-state index contributed by atoms with van der Waals surface area (Å²) in [7, 11) is 1.25. The van der Waals surface area contributed by atoms with Crippen LogP contribution in [0.3, 0.4) is 0 Å². The Hall–Kier alpha value is -1.76. The highest BCUT2D eigenvalue weighted by molar-refractivity contribution is 5.94. The first-order valence-electron chi connectivity index (χ1n) is 7.19. The number of nitrogens with zero attached hydrogens (tertiary/aromatic N) is 1. The average molecular weight is 314 g/mol. The molecule has 0 saturated heterocycles. The smallest absolute Gasteiger partial charge is 0.389 e. The van der Waals surface area contributed by atoms with Gasteiger partial charge in [-0.05, 0) is 23.5 Å². The van der Waals surface area contributed by atoms with Gasteiger partial charge in [-0.3, -0.25) is 0 Å². The van der Waals surface area contributed by atoms with Crippen LogP contribution in [0.2, 0.25) is 0 Å². The van der Waals surface area contributed by atoms with E-state index in [9.17, 15) is 18.0 Å². The quantitative estimate of drug-likeness (QED) is 0.854. The minimum absolute atomic E-state index is 0.263. The molecule has 0 radical (unpaired) electrons. The van der Waals surface area contributed by atoms with Gasteiger partial charge in [0.15, 0.2) is 0 Å². The van der Waals surface area contributed by atoms with Crippen molar-refractivity contribution in [3.63, 3.8) is 0 Å². The summed E-state index contributed by atoms with van der Waals surface area (Å²) in [5, 5.41) is 3.24. The van der Waals surface area contributed by atoms with Gasteiger partial charge in [-0.25, -0.2) is 4.79 Å². The number of alkyl halides is 3. The van der Waals surface area contributed by atoms with Crippen LogP contribution in [-0.4, -0.2) is 36.9 Å². The molecule has 1 aromatic heterocycles. The first-order chi connectivity index (χ1) is 10.4. The Labute approximate surface area is 125 Å². The number of carbonyl (C=O) groups is 1. The lowest BCUT2D eigenvalue weighted by Gasteiger charge is -2.25. The largest absolute Gasteiger partial charge is 0.465 e. The number of halogens is 3. The van der Waals surface area contributed by atoms with Gasteiger partial charge in [-0.15, -0.1) is 0 Å². The summed E-state index contributed by atoms with van der Waals surface area (Å²) < 4.78 is 45.2. The third-order valence-electron chi connectivity index (χ3n) is 4.21. The summed E-state index contributed by atoms with van der Waals surface area (Å²) in [6.45, 7) is 1.94. The number of ether oxygens (including phenoxy) is 1. The van der Waals surface area contributed by atoms with Gasteiger partial charge >= 0.3 is 12.1 Å². The van der Waals surface area contributed by atoms with Crippen molar-refractivity contribution < 1.29 is 22.7 Å². The molecular formula is C15H17F3N2O2. The average Bonchev–Trinajstić information content (AvgIpc) is 2.71. The van der Waals surface area contributed by atoms with E-state index in [0.717, 1.165) is 11.3 Å². The van der Waals surface area contributed by atoms with E-state index in [1.807, 2.05) is 10.6 Å². The molecule has 0 spiro atoms. The molecule has 1 aliphatic heterocycles. The zero-order valence-corrected chi connectivity index (χ0v) is 12.2.